The van der Waals surface area contributed by atoms with Gasteiger partial charge in [0, 0.05) is 116 Å². The number of aliphatic hydroxyl groups is 2. The number of nitrogens with one attached hydrogen (secondary N) is 5. The summed E-state index contributed by atoms with van der Waals surface area (Å²) in [5, 5.41) is 62.9. The van der Waals surface area contributed by atoms with Gasteiger partial charge >= 0.3 is 38.3 Å². The number of piperidine rings is 4. The highest BCUT2D eigenvalue weighted by Gasteiger charge is 2.35. The lowest BCUT2D eigenvalue weighted by Gasteiger charge is -2.34. The van der Waals surface area contributed by atoms with E-state index >= 15 is 0 Å². The average molecular weight is 2140 g/mol. The van der Waals surface area contributed by atoms with E-state index < -0.39 is 84.9 Å². The lowest BCUT2D eigenvalue weighted by atomic mass is 10.0. The van der Waals surface area contributed by atoms with E-state index in [1.165, 1.54) is 11.3 Å². The monoisotopic (exact) mass is 2130 g/mol. The van der Waals surface area contributed by atoms with E-state index in [9.17, 15) is 81.6 Å². The summed E-state index contributed by atoms with van der Waals surface area (Å²) in [7, 11) is -2.97. The Morgan fingerprint density at radius 1 is 0.538 bits per heavy atom. The molecule has 4 fully saturated rings. The molecule has 7 aromatic rings. The van der Waals surface area contributed by atoms with Crippen molar-refractivity contribution in [2.45, 2.75) is 236 Å². The van der Waals surface area contributed by atoms with Crippen molar-refractivity contribution >= 4 is 166 Å². The minimum Gasteiger partial charge on any atom is -0.444 e. The van der Waals surface area contributed by atoms with E-state index in [4.69, 9.17) is 71.1 Å². The molecule has 0 saturated carbocycles. The van der Waals surface area contributed by atoms with Crippen LogP contribution in [0.15, 0.2) is 88.4 Å². The van der Waals surface area contributed by atoms with Crippen LogP contribution < -0.4 is 74.1 Å². The van der Waals surface area contributed by atoms with E-state index in [0.717, 1.165) is 121 Å². The second-order valence-electron chi connectivity index (χ2n) is 36.1. The molecule has 0 unspecified atom stereocenters. The van der Waals surface area contributed by atoms with Gasteiger partial charge < -0.3 is 112 Å². The second-order valence-corrected chi connectivity index (χ2v) is 42.5. The fourth-order valence-electron chi connectivity index (χ4n) is 13.7. The number of pyridine rings is 6. The van der Waals surface area contributed by atoms with Gasteiger partial charge in [-0.25, -0.2) is 39.1 Å². The first-order valence-corrected chi connectivity index (χ1v) is 51.8. The van der Waals surface area contributed by atoms with Crippen molar-refractivity contribution in [1.82, 2.24) is 56.5 Å². The maximum atomic E-state index is 12.1. The number of ether oxygens (including phenoxy) is 4. The molecule has 43 nitrogen and oxygen atoms in total. The number of rotatable bonds is 32. The Bertz CT molecular complexity index is 5690. The summed E-state index contributed by atoms with van der Waals surface area (Å²) in [5.41, 5.74) is 29.5. The topological polar surface area (TPSA) is 643 Å². The zero-order valence-electron chi connectivity index (χ0n) is 83.0. The molecule has 7 aromatic heterocycles. The molecule has 145 heavy (non-hydrogen) atoms. The highest BCUT2D eigenvalue weighted by atomic mass is 32.2. The van der Waals surface area contributed by atoms with Crippen LogP contribution in [0.25, 0.3) is 22.4 Å². The Balaban J connectivity index is 0.000000273. The first-order chi connectivity index (χ1) is 68.3. The number of fused-ring (bicyclic) bond motifs is 1. The van der Waals surface area contributed by atoms with Crippen molar-refractivity contribution in [3.8, 4) is 24.1 Å². The van der Waals surface area contributed by atoms with Crippen LogP contribution in [0, 0.1) is 34.0 Å². The number of alkyl halides is 3. The molecule has 0 atom stereocenters. The summed E-state index contributed by atoms with van der Waals surface area (Å²) in [6, 6.07) is 19.9. The van der Waals surface area contributed by atoms with E-state index in [2.05, 4.69) is 65.6 Å². The number of carbonyl (C=O) groups is 9. The molecule has 17 N–H and O–H groups in total. The van der Waals surface area contributed by atoms with Crippen molar-refractivity contribution in [1.29, 1.82) is 15.8 Å². The third-order valence-corrected chi connectivity index (χ3v) is 26.3. The average Bonchev–Trinajstić information content (AvgIpc) is 1.62. The van der Waals surface area contributed by atoms with Gasteiger partial charge in [-0.15, -0.1) is 33.7 Å². The van der Waals surface area contributed by atoms with Gasteiger partial charge in [0.2, 0.25) is 23.6 Å². The zero-order chi connectivity index (χ0) is 108. The second kappa shape index (κ2) is 58.8. The van der Waals surface area contributed by atoms with Crippen molar-refractivity contribution < 1.29 is 112 Å². The molecule has 4 aliphatic rings. The van der Waals surface area contributed by atoms with Crippen LogP contribution in [-0.2, 0) is 75.5 Å². The van der Waals surface area contributed by atoms with Gasteiger partial charge in [0.25, 0.3) is 18.2 Å². The smallest absolute Gasteiger partial charge is 0.444 e. The Morgan fingerprint density at radius 3 is 1.28 bits per heavy atom. The SMILES string of the molecule is CC(C)(C)OC(=O)NC1CCN(c2cc(/C=C/c3ccncc3)c3c(N)c(C(N)=O)sc3n2)CC1.CC(C)(C)OC(=O)NC1CCN(c2cc(C=O)c(C#N)c(SCC(N)=O)n2)CC1.CC(C)(C)OC(=O)NC1CCN(c2cc(CO)c(C#N)c(SCC(N)=O)n2)CC1.CC(C)(C)OC(=O)NC1CCNCC1.CCOP(=O)(Cc1ccncc1)OCC.N#Cc1c(CO)cc(OSOOC(F)(F)F)nc1SCC(N)=O. The molecule has 0 radical (unpaired) electrons. The molecule has 0 bridgehead atoms. The van der Waals surface area contributed by atoms with Crippen LogP contribution >= 0.6 is 66.5 Å². The zero-order valence-corrected chi connectivity index (χ0v) is 87.9. The number of nitriles is 3. The molecule has 52 heteroatoms. The third-order valence-electron chi connectivity index (χ3n) is 19.8. The number of halogens is 3. The number of anilines is 4. The summed E-state index contributed by atoms with van der Waals surface area (Å²) in [5.74, 6) is -0.822. The highest BCUT2D eigenvalue weighted by Crippen LogP contribution is 2.51. The van der Waals surface area contributed by atoms with Crippen molar-refractivity contribution in [2.75, 3.05) is 103 Å². The fourth-order valence-corrected chi connectivity index (χ4v) is 18.9. The number of nitrogens with zero attached hydrogens (tertiary/aromatic N) is 12. The molecule has 0 spiro atoms. The van der Waals surface area contributed by atoms with E-state index in [0.29, 0.717) is 120 Å². The number of amides is 8. The van der Waals surface area contributed by atoms with Gasteiger partial charge in [-0.3, -0.25) is 38.5 Å². The van der Waals surface area contributed by atoms with Crippen LogP contribution in [0.1, 0.15) is 213 Å². The molecule has 790 valence electrons. The van der Waals surface area contributed by atoms with E-state index in [1.54, 1.807) is 56.8 Å². The highest BCUT2D eigenvalue weighted by molar-refractivity contribution is 8.00. The number of alkyl carbamates (subject to hydrolysis) is 4. The number of nitrogen functional groups attached to an aromatic ring is 1. The summed E-state index contributed by atoms with van der Waals surface area (Å²) >= 11 is 3.96. The molecule has 0 aromatic carbocycles. The fraction of sp³-hybridized carbons (Fsp3) is 0.505. The quantitative estimate of drug-likeness (QED) is 0.00272. The van der Waals surface area contributed by atoms with Crippen LogP contribution in [0.2, 0.25) is 0 Å². The predicted molar refractivity (Wildman–Crippen MR) is 544 cm³/mol. The van der Waals surface area contributed by atoms with Crippen molar-refractivity contribution in [2.24, 2.45) is 22.9 Å². The van der Waals surface area contributed by atoms with Crippen LogP contribution in [-0.4, -0.2) is 230 Å². The number of aliphatic hydroxyl groups excluding tert-OH is 2. The number of thiophene rings is 1. The number of hydrogen-bond acceptors (Lipinski definition) is 40. The number of primary amides is 4. The molecular weight excluding hydrogens is 2010 g/mol. The number of nitrogens with two attached hydrogens (primary N) is 5. The van der Waals surface area contributed by atoms with Gasteiger partial charge in [0.15, 0.2) is 6.29 Å². The molecule has 11 rings (SSSR count). The molecule has 0 aliphatic carbocycles. The summed E-state index contributed by atoms with van der Waals surface area (Å²) in [4.78, 5) is 139. The Kier molecular flexibility index (Phi) is 49.3. The molecule has 8 amide bonds. The van der Waals surface area contributed by atoms with Crippen LogP contribution in [0.4, 0.5) is 55.5 Å². The summed E-state index contributed by atoms with van der Waals surface area (Å²) in [6.45, 7) is 31.4. The van der Waals surface area contributed by atoms with Gasteiger partial charge in [0.05, 0.1) is 72.2 Å². The van der Waals surface area contributed by atoms with Gasteiger partial charge in [-0.05, 0) is 221 Å². The normalized spacial score (nSPS) is 14.4. The lowest BCUT2D eigenvalue weighted by molar-refractivity contribution is -0.441. The van der Waals surface area contributed by atoms with Gasteiger partial charge in [-0.2, -0.15) is 15.8 Å². The number of carbonyl (C=O) groups excluding carboxylic acids is 9. The Morgan fingerprint density at radius 2 is 0.910 bits per heavy atom. The minimum absolute atomic E-state index is 0.000464. The first-order valence-electron chi connectivity index (χ1n) is 45.6. The largest absolute Gasteiger partial charge is 0.550 e. The first kappa shape index (κ1) is 122. The van der Waals surface area contributed by atoms with Crippen molar-refractivity contribution in [3.63, 3.8) is 0 Å². The van der Waals surface area contributed by atoms with Crippen molar-refractivity contribution in [3.05, 3.63) is 128 Å². The Labute approximate surface area is 860 Å². The predicted octanol–water partition coefficient (Wildman–Crippen LogP) is 12.9. The number of aromatic nitrogens is 6. The summed E-state index contributed by atoms with van der Waals surface area (Å²) < 4.78 is 87.1. The van der Waals surface area contributed by atoms with Crippen LogP contribution in [0.3, 0.4) is 0 Å². The number of hydrogen-bond donors (Lipinski definition) is 12. The van der Waals surface area contributed by atoms with Gasteiger partial charge in [-0.1, -0.05) is 47.4 Å². The molecule has 11 heterocycles. The number of aldehydes is 1. The maximum absolute atomic E-state index is 12.1. The summed E-state index contributed by atoms with van der Waals surface area (Å²) in [6.07, 6.45) is 11.3. The van der Waals surface area contributed by atoms with E-state index in [-0.39, 0.29) is 105 Å². The molecule has 4 saturated heterocycles. The third kappa shape index (κ3) is 44.8. The number of thioether (sulfide) groups is 3. The Hall–Kier alpha value is -12.2. The maximum Gasteiger partial charge on any atom is 0.550 e. The minimum atomic E-state index is -5.01. The molecular formula is C93H126F3N22O21PS5. The van der Waals surface area contributed by atoms with Gasteiger partial charge in [0.1, 0.15) is 82.9 Å². The lowest BCUT2D eigenvalue weighted by Crippen LogP contribution is -2.46. The molecule has 4 aliphatic heterocycles. The van der Waals surface area contributed by atoms with Crippen LogP contribution in [0.5, 0.6) is 5.88 Å². The standard InChI is InChI=1S/C25H30N6O3S.C19H27N5O4S.C19H25N5O4S.C10H8F3N3O5S2.C10H20N2O2.C10H16NO3P/c1-25(2,3)34-24(33)29-17-8-12-31(13-9-17)18-14-16(5-4-15-6-10-28-11-7-15)19-20(26)21(22(27)32)35-23(19)30-18;2*1-19(2,3)28-18(27)22-13-4-6-24(7-5-13)16-8-12(10-25)14(9-20)17(23-16)29-11-15(21)26;11-10(12,13)20-21-23-19-8-1-5(3-17)6(2-14)9(16-8)22-4-7(15)18;1-10(2,3)14-9(13)12-8-4-6-11-7-5-8;1-3-13-15(12,14-4-2)9-10-5-7-11-8-6-10/h4-7,10-11,14,17H,8-9,12-13,26H2,1-3H3,(H2,27,32)(H,29,33);8,13,25H,4-7,10-11H2,1-3H3,(H2,21,26)(H,22,27);8,10,13H,4-7,11H2,1-3H3,(H2,21,26)(H,22,27);1,17H,3-4H2,(H2,15,18);8,11H,4-7H2,1-3H3,(H,12,13);5-8H,3-4,9H2,1-2H3/b5-4+;;;;;. The van der Waals surface area contributed by atoms with E-state index in [1.807, 2.05) is 148 Å².